The number of nitrogens with zero attached hydrogens (tertiary/aromatic N) is 5. The summed E-state index contributed by atoms with van der Waals surface area (Å²) < 4.78 is 5.86. The molecule has 0 atom stereocenters. The molecule has 0 unspecified atom stereocenters. The lowest BCUT2D eigenvalue weighted by molar-refractivity contribution is -0.127. The third kappa shape index (κ3) is 5.51. The van der Waals surface area contributed by atoms with Crippen molar-refractivity contribution in [3.05, 3.63) is 60.7 Å². The minimum atomic E-state index is 0.0337. The standard InChI is InChI=1S/C22H25N5O2/c1-16-5-6-19(13-24-16)18-7-9-20(10-8-18)29-22-15-23-14-21(25-22)27(4)12-11-26(3)17(2)28/h5-10,13-15H,11-12H2,1-4H3. The summed E-state index contributed by atoms with van der Waals surface area (Å²) in [6.45, 7) is 4.77. The lowest BCUT2D eigenvalue weighted by Crippen LogP contribution is -2.33. The number of carbonyl (C=O) groups is 1. The van der Waals surface area contributed by atoms with E-state index in [1.165, 1.54) is 0 Å². The molecule has 7 heteroatoms. The van der Waals surface area contributed by atoms with E-state index >= 15 is 0 Å². The molecule has 2 aromatic heterocycles. The van der Waals surface area contributed by atoms with Crippen molar-refractivity contribution in [2.24, 2.45) is 0 Å². The Kier molecular flexibility index (Phi) is 6.39. The van der Waals surface area contributed by atoms with Crippen LogP contribution in [0.2, 0.25) is 0 Å². The summed E-state index contributed by atoms with van der Waals surface area (Å²) in [6, 6.07) is 11.8. The normalized spacial score (nSPS) is 10.5. The molecule has 1 amide bonds. The fraction of sp³-hybridized carbons (Fsp3) is 0.273. The monoisotopic (exact) mass is 391 g/mol. The van der Waals surface area contributed by atoms with Gasteiger partial charge in [-0.2, -0.15) is 4.98 Å². The second-order valence-electron chi connectivity index (χ2n) is 6.89. The quantitative estimate of drug-likeness (QED) is 0.613. The number of anilines is 1. The number of ether oxygens (including phenoxy) is 1. The summed E-state index contributed by atoms with van der Waals surface area (Å²) >= 11 is 0. The molecular weight excluding hydrogens is 366 g/mol. The average Bonchev–Trinajstić information content (AvgIpc) is 2.73. The molecule has 1 aromatic carbocycles. The highest BCUT2D eigenvalue weighted by Gasteiger charge is 2.09. The highest BCUT2D eigenvalue weighted by Crippen LogP contribution is 2.25. The molecule has 29 heavy (non-hydrogen) atoms. The molecule has 0 saturated carbocycles. The van der Waals surface area contributed by atoms with Crippen molar-refractivity contribution in [3.63, 3.8) is 0 Å². The van der Waals surface area contributed by atoms with Crippen LogP contribution in [0.3, 0.4) is 0 Å². The Hall–Kier alpha value is -3.48. The van der Waals surface area contributed by atoms with Crippen LogP contribution in [0, 0.1) is 6.92 Å². The van der Waals surface area contributed by atoms with Crippen molar-refractivity contribution >= 4 is 11.7 Å². The van der Waals surface area contributed by atoms with Gasteiger partial charge in [-0.05, 0) is 30.7 Å². The number of hydrogen-bond acceptors (Lipinski definition) is 6. The number of benzene rings is 1. The smallest absolute Gasteiger partial charge is 0.239 e. The minimum absolute atomic E-state index is 0.0337. The summed E-state index contributed by atoms with van der Waals surface area (Å²) in [4.78, 5) is 28.0. The molecule has 0 saturated heterocycles. The van der Waals surface area contributed by atoms with Crippen LogP contribution in [-0.4, -0.2) is 52.9 Å². The number of amides is 1. The number of rotatable bonds is 7. The van der Waals surface area contributed by atoms with Gasteiger partial charge in [0.2, 0.25) is 11.8 Å². The third-order valence-corrected chi connectivity index (χ3v) is 4.62. The molecule has 0 radical (unpaired) electrons. The Morgan fingerprint density at radius 2 is 1.69 bits per heavy atom. The first-order valence-corrected chi connectivity index (χ1v) is 9.38. The van der Waals surface area contributed by atoms with E-state index in [1.807, 2.05) is 61.5 Å². The summed E-state index contributed by atoms with van der Waals surface area (Å²) in [7, 11) is 3.68. The molecule has 0 bridgehead atoms. The van der Waals surface area contributed by atoms with Gasteiger partial charge in [-0.15, -0.1) is 0 Å². The van der Waals surface area contributed by atoms with Crippen LogP contribution in [0.4, 0.5) is 5.82 Å². The third-order valence-electron chi connectivity index (χ3n) is 4.62. The number of aryl methyl sites for hydroxylation is 1. The first-order chi connectivity index (χ1) is 13.9. The van der Waals surface area contributed by atoms with Crippen LogP contribution < -0.4 is 9.64 Å². The molecule has 7 nitrogen and oxygen atoms in total. The Labute approximate surface area is 171 Å². The molecule has 150 valence electrons. The van der Waals surface area contributed by atoms with E-state index in [-0.39, 0.29) is 5.91 Å². The van der Waals surface area contributed by atoms with Gasteiger partial charge in [0.05, 0.1) is 12.4 Å². The van der Waals surface area contributed by atoms with Crippen LogP contribution in [0.1, 0.15) is 12.6 Å². The Morgan fingerprint density at radius 1 is 0.966 bits per heavy atom. The zero-order chi connectivity index (χ0) is 20.8. The number of carbonyl (C=O) groups excluding carboxylic acids is 1. The molecule has 0 aliphatic carbocycles. The topological polar surface area (TPSA) is 71.5 Å². The number of hydrogen-bond donors (Lipinski definition) is 0. The van der Waals surface area contributed by atoms with Gasteiger partial charge in [0, 0.05) is 51.6 Å². The van der Waals surface area contributed by atoms with Crippen LogP contribution in [0.25, 0.3) is 11.1 Å². The van der Waals surface area contributed by atoms with Crippen molar-refractivity contribution in [1.29, 1.82) is 0 Å². The molecule has 0 aliphatic rings. The van der Waals surface area contributed by atoms with Crippen LogP contribution in [0.15, 0.2) is 55.0 Å². The summed E-state index contributed by atoms with van der Waals surface area (Å²) in [5.41, 5.74) is 3.12. The molecule has 3 rings (SSSR count). The second-order valence-corrected chi connectivity index (χ2v) is 6.89. The van der Waals surface area contributed by atoms with Gasteiger partial charge in [-0.1, -0.05) is 18.2 Å². The zero-order valence-electron chi connectivity index (χ0n) is 17.2. The minimum Gasteiger partial charge on any atom is -0.437 e. The predicted molar refractivity (Wildman–Crippen MR) is 113 cm³/mol. The maximum Gasteiger partial charge on any atom is 0.239 e. The van der Waals surface area contributed by atoms with Gasteiger partial charge in [-0.3, -0.25) is 14.8 Å². The molecule has 0 N–H and O–H groups in total. The fourth-order valence-corrected chi connectivity index (χ4v) is 2.62. The molecule has 0 fully saturated rings. The second kappa shape index (κ2) is 9.14. The van der Waals surface area contributed by atoms with E-state index in [2.05, 4.69) is 15.0 Å². The summed E-state index contributed by atoms with van der Waals surface area (Å²) in [5.74, 6) is 1.81. The maximum atomic E-state index is 11.3. The first kappa shape index (κ1) is 20.3. The Bertz CT molecular complexity index is 958. The number of pyridine rings is 1. The Balaban J connectivity index is 1.65. The molecule has 0 spiro atoms. The van der Waals surface area contributed by atoms with Crippen molar-refractivity contribution in [3.8, 4) is 22.8 Å². The predicted octanol–water partition coefficient (Wildman–Crippen LogP) is 3.55. The van der Waals surface area contributed by atoms with Crippen molar-refractivity contribution in [2.45, 2.75) is 13.8 Å². The highest BCUT2D eigenvalue weighted by molar-refractivity contribution is 5.72. The van der Waals surface area contributed by atoms with Crippen molar-refractivity contribution in [1.82, 2.24) is 19.9 Å². The van der Waals surface area contributed by atoms with Crippen LogP contribution in [-0.2, 0) is 4.79 Å². The van der Waals surface area contributed by atoms with E-state index in [0.717, 1.165) is 16.8 Å². The SMILES string of the molecule is CC(=O)N(C)CCN(C)c1cncc(Oc2ccc(-c3ccc(C)nc3)cc2)n1. The van der Waals surface area contributed by atoms with Gasteiger partial charge in [0.25, 0.3) is 0 Å². The van der Waals surface area contributed by atoms with Crippen LogP contribution >= 0.6 is 0 Å². The summed E-state index contributed by atoms with van der Waals surface area (Å²) in [5, 5.41) is 0. The molecule has 3 aromatic rings. The largest absolute Gasteiger partial charge is 0.437 e. The van der Waals surface area contributed by atoms with Gasteiger partial charge in [0.1, 0.15) is 5.75 Å². The van der Waals surface area contributed by atoms with E-state index in [0.29, 0.717) is 30.5 Å². The number of aromatic nitrogens is 3. The highest BCUT2D eigenvalue weighted by atomic mass is 16.5. The lowest BCUT2D eigenvalue weighted by Gasteiger charge is -2.22. The summed E-state index contributed by atoms with van der Waals surface area (Å²) in [6.07, 6.45) is 5.12. The van der Waals surface area contributed by atoms with E-state index in [9.17, 15) is 4.79 Å². The van der Waals surface area contributed by atoms with Gasteiger partial charge in [0.15, 0.2) is 5.82 Å². The molecule has 2 heterocycles. The van der Waals surface area contributed by atoms with Gasteiger partial charge < -0.3 is 14.5 Å². The average molecular weight is 391 g/mol. The fourth-order valence-electron chi connectivity index (χ4n) is 2.62. The Morgan fingerprint density at radius 3 is 2.34 bits per heavy atom. The van der Waals surface area contributed by atoms with Crippen molar-refractivity contribution in [2.75, 3.05) is 32.1 Å². The maximum absolute atomic E-state index is 11.3. The first-order valence-electron chi connectivity index (χ1n) is 9.38. The molecular formula is C22H25N5O2. The lowest BCUT2D eigenvalue weighted by atomic mass is 10.1. The van der Waals surface area contributed by atoms with E-state index in [1.54, 1.807) is 31.3 Å². The van der Waals surface area contributed by atoms with Gasteiger partial charge >= 0.3 is 0 Å². The van der Waals surface area contributed by atoms with E-state index in [4.69, 9.17) is 4.74 Å². The zero-order valence-corrected chi connectivity index (χ0v) is 17.2. The van der Waals surface area contributed by atoms with Crippen molar-refractivity contribution < 1.29 is 9.53 Å². The van der Waals surface area contributed by atoms with Crippen LogP contribution in [0.5, 0.6) is 11.6 Å². The molecule has 0 aliphatic heterocycles. The van der Waals surface area contributed by atoms with Gasteiger partial charge in [-0.25, -0.2) is 0 Å². The number of likely N-dealkylation sites (N-methyl/N-ethyl adjacent to an activating group) is 2. The van der Waals surface area contributed by atoms with E-state index < -0.39 is 0 Å².